The van der Waals surface area contributed by atoms with E-state index >= 15 is 0 Å². The fourth-order valence-electron chi connectivity index (χ4n) is 1.57. The second-order valence-corrected chi connectivity index (χ2v) is 4.91. The van der Waals surface area contributed by atoms with Crippen molar-refractivity contribution in [3.63, 3.8) is 0 Å². The first-order valence-corrected chi connectivity index (χ1v) is 6.53. The summed E-state index contributed by atoms with van der Waals surface area (Å²) in [7, 11) is 0. The van der Waals surface area contributed by atoms with E-state index in [2.05, 4.69) is 6.92 Å². The molecule has 0 radical (unpaired) electrons. The summed E-state index contributed by atoms with van der Waals surface area (Å²) in [5.41, 5.74) is 5.84. The highest BCUT2D eigenvalue weighted by Gasteiger charge is 2.21. The van der Waals surface area contributed by atoms with E-state index in [1.807, 2.05) is 16.7 Å². The molecular weight excluding hydrogens is 196 g/mol. The van der Waals surface area contributed by atoms with E-state index in [1.54, 1.807) is 0 Å². The number of carbonyl (C=O) groups is 1. The zero-order valence-corrected chi connectivity index (χ0v) is 9.68. The van der Waals surface area contributed by atoms with E-state index in [1.165, 1.54) is 0 Å². The summed E-state index contributed by atoms with van der Waals surface area (Å²) in [6.07, 6.45) is 2.99. The van der Waals surface area contributed by atoms with Gasteiger partial charge in [0, 0.05) is 24.6 Å². The summed E-state index contributed by atoms with van der Waals surface area (Å²) >= 11 is 1.91. The summed E-state index contributed by atoms with van der Waals surface area (Å²) in [5, 5.41) is 0. The lowest BCUT2D eigenvalue weighted by molar-refractivity contribution is -0.132. The van der Waals surface area contributed by atoms with Gasteiger partial charge in [0.15, 0.2) is 0 Å². The summed E-state index contributed by atoms with van der Waals surface area (Å²) < 4.78 is 0. The minimum absolute atomic E-state index is 0.152. The Bertz CT molecular complexity index is 181. The molecule has 3 nitrogen and oxygen atoms in total. The van der Waals surface area contributed by atoms with Crippen molar-refractivity contribution in [3.05, 3.63) is 0 Å². The van der Waals surface area contributed by atoms with Crippen LogP contribution in [0.5, 0.6) is 0 Å². The third-order valence-electron chi connectivity index (χ3n) is 2.51. The highest BCUT2D eigenvalue weighted by atomic mass is 32.2. The van der Waals surface area contributed by atoms with E-state index < -0.39 is 0 Å². The number of hydrogen-bond donors (Lipinski definition) is 1. The second kappa shape index (κ2) is 6.30. The van der Waals surface area contributed by atoms with Crippen LogP contribution in [0.15, 0.2) is 0 Å². The molecule has 1 unspecified atom stereocenters. The van der Waals surface area contributed by atoms with Gasteiger partial charge >= 0.3 is 0 Å². The van der Waals surface area contributed by atoms with Gasteiger partial charge in [0.05, 0.1) is 6.04 Å². The molecule has 0 bridgehead atoms. The molecule has 0 aromatic rings. The van der Waals surface area contributed by atoms with Crippen LogP contribution in [-0.4, -0.2) is 41.4 Å². The first-order chi connectivity index (χ1) is 6.75. The Morgan fingerprint density at radius 2 is 2.14 bits per heavy atom. The Balaban J connectivity index is 2.30. The van der Waals surface area contributed by atoms with Crippen molar-refractivity contribution in [2.45, 2.75) is 32.2 Å². The van der Waals surface area contributed by atoms with Crippen molar-refractivity contribution in [1.82, 2.24) is 4.90 Å². The smallest absolute Gasteiger partial charge is 0.239 e. The molecule has 1 fully saturated rings. The molecule has 4 heteroatoms. The molecule has 0 aromatic heterocycles. The fraction of sp³-hybridized carbons (Fsp3) is 0.900. The maximum Gasteiger partial charge on any atom is 0.239 e. The molecule has 1 saturated heterocycles. The number of rotatable bonds is 4. The molecule has 0 aliphatic carbocycles. The van der Waals surface area contributed by atoms with Gasteiger partial charge < -0.3 is 10.6 Å². The van der Waals surface area contributed by atoms with Crippen LogP contribution in [0.1, 0.15) is 26.2 Å². The van der Waals surface area contributed by atoms with Crippen LogP contribution in [0.3, 0.4) is 0 Å². The molecule has 1 aliphatic heterocycles. The van der Waals surface area contributed by atoms with Crippen LogP contribution in [0.25, 0.3) is 0 Å². The molecule has 0 saturated carbocycles. The van der Waals surface area contributed by atoms with Gasteiger partial charge in [-0.1, -0.05) is 19.8 Å². The van der Waals surface area contributed by atoms with Gasteiger partial charge in [0.2, 0.25) is 5.91 Å². The summed E-state index contributed by atoms with van der Waals surface area (Å²) in [6.45, 7) is 3.88. The molecule has 1 amide bonds. The average molecular weight is 216 g/mol. The molecular formula is C10H20N2OS. The second-order valence-electron chi connectivity index (χ2n) is 3.69. The van der Waals surface area contributed by atoms with Crippen molar-refractivity contribution >= 4 is 17.7 Å². The Morgan fingerprint density at radius 1 is 1.50 bits per heavy atom. The normalized spacial score (nSPS) is 19.4. The average Bonchev–Trinajstić information content (AvgIpc) is 2.26. The van der Waals surface area contributed by atoms with Crippen LogP contribution in [0.4, 0.5) is 0 Å². The van der Waals surface area contributed by atoms with Gasteiger partial charge in [0.1, 0.15) is 0 Å². The van der Waals surface area contributed by atoms with E-state index in [9.17, 15) is 4.79 Å². The third kappa shape index (κ3) is 3.50. The highest BCUT2D eigenvalue weighted by Crippen LogP contribution is 2.11. The Kier molecular flexibility index (Phi) is 5.33. The highest BCUT2D eigenvalue weighted by molar-refractivity contribution is 7.99. The molecule has 0 spiro atoms. The molecule has 1 atom stereocenters. The number of thioether (sulfide) groups is 1. The maximum atomic E-state index is 11.8. The molecule has 2 N–H and O–H groups in total. The van der Waals surface area contributed by atoms with Crippen molar-refractivity contribution < 1.29 is 4.79 Å². The molecule has 82 valence electrons. The monoisotopic (exact) mass is 216 g/mol. The van der Waals surface area contributed by atoms with Gasteiger partial charge in [-0.25, -0.2) is 0 Å². The quantitative estimate of drug-likeness (QED) is 0.765. The molecule has 1 heterocycles. The van der Waals surface area contributed by atoms with Crippen LogP contribution in [0, 0.1) is 0 Å². The van der Waals surface area contributed by atoms with Crippen molar-refractivity contribution in [1.29, 1.82) is 0 Å². The minimum Gasteiger partial charge on any atom is -0.340 e. The predicted molar refractivity (Wildman–Crippen MR) is 61.4 cm³/mol. The van der Waals surface area contributed by atoms with Crippen LogP contribution in [0.2, 0.25) is 0 Å². The van der Waals surface area contributed by atoms with E-state index in [0.29, 0.717) is 0 Å². The van der Waals surface area contributed by atoms with Gasteiger partial charge in [0.25, 0.3) is 0 Å². The van der Waals surface area contributed by atoms with E-state index in [4.69, 9.17) is 5.73 Å². The Hall–Kier alpha value is -0.220. The first kappa shape index (κ1) is 11.9. The summed E-state index contributed by atoms with van der Waals surface area (Å²) in [6, 6.07) is -0.266. The van der Waals surface area contributed by atoms with Crippen molar-refractivity contribution in [3.8, 4) is 0 Å². The number of amides is 1. The maximum absolute atomic E-state index is 11.8. The van der Waals surface area contributed by atoms with Crippen LogP contribution < -0.4 is 5.73 Å². The number of carbonyl (C=O) groups excluding carboxylic acids is 1. The number of hydrogen-bond acceptors (Lipinski definition) is 3. The number of unbranched alkanes of at least 4 members (excludes halogenated alkanes) is 1. The standard InChI is InChI=1S/C10H20N2OS/c1-2-3-4-9(11)10(13)12-5-7-14-8-6-12/h9H,2-8,11H2,1H3. The Morgan fingerprint density at radius 3 is 2.71 bits per heavy atom. The minimum atomic E-state index is -0.266. The number of nitrogens with two attached hydrogens (primary N) is 1. The molecule has 1 rings (SSSR count). The van der Waals surface area contributed by atoms with E-state index in [0.717, 1.165) is 43.9 Å². The lowest BCUT2D eigenvalue weighted by Gasteiger charge is -2.28. The summed E-state index contributed by atoms with van der Waals surface area (Å²) in [4.78, 5) is 13.7. The molecule has 1 aliphatic rings. The molecule has 0 aromatic carbocycles. The van der Waals surface area contributed by atoms with Crippen molar-refractivity contribution in [2.75, 3.05) is 24.6 Å². The fourth-order valence-corrected chi connectivity index (χ4v) is 2.47. The predicted octanol–water partition coefficient (Wildman–Crippen LogP) is 1.08. The topological polar surface area (TPSA) is 46.3 Å². The van der Waals surface area contributed by atoms with Gasteiger partial charge in [-0.3, -0.25) is 4.79 Å². The Labute approximate surface area is 90.4 Å². The van der Waals surface area contributed by atoms with Crippen LogP contribution >= 0.6 is 11.8 Å². The largest absolute Gasteiger partial charge is 0.340 e. The molecule has 14 heavy (non-hydrogen) atoms. The van der Waals surface area contributed by atoms with Crippen LogP contribution in [-0.2, 0) is 4.79 Å². The lowest BCUT2D eigenvalue weighted by Crippen LogP contribution is -2.47. The van der Waals surface area contributed by atoms with Crippen molar-refractivity contribution in [2.24, 2.45) is 5.73 Å². The zero-order chi connectivity index (χ0) is 10.4. The zero-order valence-electron chi connectivity index (χ0n) is 8.87. The van der Waals surface area contributed by atoms with Gasteiger partial charge in [-0.05, 0) is 6.42 Å². The number of nitrogens with zero attached hydrogens (tertiary/aromatic N) is 1. The summed E-state index contributed by atoms with van der Waals surface area (Å²) in [5.74, 6) is 2.28. The van der Waals surface area contributed by atoms with Gasteiger partial charge in [-0.15, -0.1) is 0 Å². The third-order valence-corrected chi connectivity index (χ3v) is 3.45. The SMILES string of the molecule is CCCCC(N)C(=O)N1CCSCC1. The first-order valence-electron chi connectivity index (χ1n) is 5.37. The van der Waals surface area contributed by atoms with Gasteiger partial charge in [-0.2, -0.15) is 11.8 Å². The van der Waals surface area contributed by atoms with E-state index in [-0.39, 0.29) is 11.9 Å². The lowest BCUT2D eigenvalue weighted by atomic mass is 10.1.